The highest BCUT2D eigenvalue weighted by Crippen LogP contribution is 2.61. The minimum absolute atomic E-state index is 0.842. The van der Waals surface area contributed by atoms with Crippen LogP contribution in [0.25, 0.3) is 0 Å². The summed E-state index contributed by atoms with van der Waals surface area (Å²) in [5.41, 5.74) is 0.842. The Kier molecular flexibility index (Phi) is 3.42. The van der Waals surface area contributed by atoms with Gasteiger partial charge in [-0.15, -0.1) is 0 Å². The van der Waals surface area contributed by atoms with Gasteiger partial charge in [0.05, 0.1) is 0 Å². The molecule has 0 saturated heterocycles. The number of rotatable bonds is 1. The summed E-state index contributed by atoms with van der Waals surface area (Å²) in [6.07, 6.45) is 20.7. The molecule has 8 aliphatic carbocycles. The summed E-state index contributed by atoms with van der Waals surface area (Å²) in [6.45, 7) is 2.42. The highest BCUT2D eigenvalue weighted by atomic mass is 14.5. The Morgan fingerprint density at radius 3 is 1.05 bits per heavy atom. The van der Waals surface area contributed by atoms with E-state index in [1.54, 1.807) is 77.0 Å². The molecule has 0 aromatic carbocycles. The fraction of sp³-hybridized carbons (Fsp3) is 1.00. The summed E-state index contributed by atoms with van der Waals surface area (Å²) < 4.78 is 0. The molecule has 8 aliphatic rings. The average Bonchev–Trinajstić information content (AvgIpc) is 2.45. The molecule has 0 spiro atoms. The van der Waals surface area contributed by atoms with E-state index in [2.05, 4.69) is 6.92 Å². The van der Waals surface area contributed by atoms with Crippen molar-refractivity contribution in [2.45, 2.75) is 90.4 Å². The second kappa shape index (κ2) is 5.25. The molecule has 8 rings (SSSR count). The Morgan fingerprint density at radius 2 is 0.773 bits per heavy atom. The number of hydrogen-bond acceptors (Lipinski definition) is 0. The zero-order valence-electron chi connectivity index (χ0n) is 14.7. The molecule has 22 heavy (non-hydrogen) atoms. The van der Waals surface area contributed by atoms with Gasteiger partial charge in [-0.25, -0.2) is 0 Å². The maximum absolute atomic E-state index is 2.42. The van der Waals surface area contributed by atoms with E-state index >= 15 is 0 Å². The van der Waals surface area contributed by atoms with Crippen LogP contribution in [0.5, 0.6) is 0 Å². The van der Waals surface area contributed by atoms with Gasteiger partial charge in [-0.1, -0.05) is 13.3 Å². The molecule has 0 N–H and O–H groups in total. The molecular weight excluding hydrogens is 264 g/mol. The lowest BCUT2D eigenvalue weighted by atomic mass is 9.49. The molecule has 8 fully saturated rings. The summed E-state index contributed by atoms with van der Waals surface area (Å²) in [4.78, 5) is 0. The van der Waals surface area contributed by atoms with E-state index < -0.39 is 0 Å². The van der Waals surface area contributed by atoms with Gasteiger partial charge in [-0.3, -0.25) is 0 Å². The van der Waals surface area contributed by atoms with Gasteiger partial charge in [0.1, 0.15) is 0 Å². The predicted octanol–water partition coefficient (Wildman–Crippen LogP) is 6.45. The third-order valence-corrected chi connectivity index (χ3v) is 8.92. The lowest BCUT2D eigenvalue weighted by Crippen LogP contribution is -2.45. The molecule has 0 aromatic rings. The van der Waals surface area contributed by atoms with Crippen LogP contribution >= 0.6 is 0 Å². The van der Waals surface area contributed by atoms with E-state index in [4.69, 9.17) is 0 Å². The monoisotopic (exact) mass is 300 g/mol. The summed E-state index contributed by atoms with van der Waals surface area (Å²) in [5, 5.41) is 0. The summed E-state index contributed by atoms with van der Waals surface area (Å²) >= 11 is 0. The first-order chi connectivity index (χ1) is 10.7. The summed E-state index contributed by atoms with van der Waals surface area (Å²) in [7, 11) is 0. The zero-order valence-corrected chi connectivity index (χ0v) is 14.7. The molecule has 0 aromatic heterocycles. The van der Waals surface area contributed by atoms with E-state index in [0.29, 0.717) is 0 Å². The minimum atomic E-state index is 0.842. The van der Waals surface area contributed by atoms with Crippen molar-refractivity contribution in [1.29, 1.82) is 0 Å². The second-order valence-corrected chi connectivity index (χ2v) is 10.6. The lowest BCUT2D eigenvalue weighted by Gasteiger charge is -2.56. The molecule has 0 heteroatoms. The molecule has 0 nitrogen and oxygen atoms in total. The SMILES string of the molecule is C1C2CC3CC1CC(C2)C3.CCC12CC3CC(CC(C3)C1)C2. The topological polar surface area (TPSA) is 0 Å². The third-order valence-electron chi connectivity index (χ3n) is 8.92. The van der Waals surface area contributed by atoms with Gasteiger partial charge >= 0.3 is 0 Å². The summed E-state index contributed by atoms with van der Waals surface area (Å²) in [6, 6.07) is 0. The van der Waals surface area contributed by atoms with E-state index in [0.717, 1.165) is 23.2 Å². The average molecular weight is 301 g/mol. The fourth-order valence-corrected chi connectivity index (χ4v) is 8.71. The molecule has 8 saturated carbocycles. The smallest absolute Gasteiger partial charge is 0.0292 e. The first-order valence-corrected chi connectivity index (χ1v) is 10.7. The first-order valence-electron chi connectivity index (χ1n) is 10.7. The van der Waals surface area contributed by atoms with Gasteiger partial charge in [-0.2, -0.15) is 0 Å². The Bertz CT molecular complexity index is 328. The fourth-order valence-electron chi connectivity index (χ4n) is 8.71. The van der Waals surface area contributed by atoms with Gasteiger partial charge in [0.15, 0.2) is 0 Å². The van der Waals surface area contributed by atoms with Crippen molar-refractivity contribution in [3.63, 3.8) is 0 Å². The predicted molar refractivity (Wildman–Crippen MR) is 92.6 cm³/mol. The van der Waals surface area contributed by atoms with Crippen LogP contribution in [0.4, 0.5) is 0 Å². The normalized spacial score (nSPS) is 56.9. The molecular formula is C22H36. The Labute approximate surface area is 137 Å². The van der Waals surface area contributed by atoms with Crippen LogP contribution in [0.3, 0.4) is 0 Å². The van der Waals surface area contributed by atoms with Crippen molar-refractivity contribution < 1.29 is 0 Å². The first kappa shape index (κ1) is 14.4. The third kappa shape index (κ3) is 2.48. The van der Waals surface area contributed by atoms with Crippen molar-refractivity contribution in [2.75, 3.05) is 0 Å². The van der Waals surface area contributed by atoms with Crippen molar-refractivity contribution >= 4 is 0 Å². The molecule has 0 radical (unpaired) electrons. The summed E-state index contributed by atoms with van der Waals surface area (Å²) in [5.74, 6) is 8.16. The van der Waals surface area contributed by atoms with Crippen molar-refractivity contribution in [3.8, 4) is 0 Å². The van der Waals surface area contributed by atoms with E-state index in [-0.39, 0.29) is 0 Å². The molecule has 124 valence electrons. The van der Waals surface area contributed by atoms with E-state index in [1.165, 1.54) is 30.1 Å². The number of hydrogen-bond donors (Lipinski definition) is 0. The van der Waals surface area contributed by atoms with Gasteiger partial charge in [0.2, 0.25) is 0 Å². The Hall–Kier alpha value is 0. The van der Waals surface area contributed by atoms with E-state index in [9.17, 15) is 0 Å². The maximum Gasteiger partial charge on any atom is -0.0292 e. The van der Waals surface area contributed by atoms with Crippen LogP contribution in [0.1, 0.15) is 90.4 Å². The van der Waals surface area contributed by atoms with Gasteiger partial charge in [0, 0.05) is 0 Å². The highest BCUT2D eigenvalue weighted by molar-refractivity contribution is 5.00. The second-order valence-electron chi connectivity index (χ2n) is 10.6. The van der Waals surface area contributed by atoms with E-state index in [1.807, 2.05) is 0 Å². The largest absolute Gasteiger partial charge is 0.0649 e. The standard InChI is InChI=1S/C12H20.C10H16/c1-2-12-6-9-3-10(7-12)5-11(4-9)8-12;1-7-2-9-4-8(1)5-10(3-7)6-9/h9-11H,2-8H2,1H3;7-10H,1-6H2. The molecule has 0 unspecified atom stereocenters. The minimum Gasteiger partial charge on any atom is -0.0649 e. The van der Waals surface area contributed by atoms with Crippen molar-refractivity contribution in [2.24, 2.45) is 46.8 Å². The molecule has 0 atom stereocenters. The highest BCUT2D eigenvalue weighted by Gasteiger charge is 2.49. The van der Waals surface area contributed by atoms with Crippen molar-refractivity contribution in [1.82, 2.24) is 0 Å². The Morgan fingerprint density at radius 1 is 0.500 bits per heavy atom. The zero-order chi connectivity index (χ0) is 14.7. The van der Waals surface area contributed by atoms with Crippen molar-refractivity contribution in [3.05, 3.63) is 0 Å². The maximum atomic E-state index is 2.42. The van der Waals surface area contributed by atoms with Crippen LogP contribution in [0, 0.1) is 46.8 Å². The quantitative estimate of drug-likeness (QED) is 0.522. The molecule has 0 amide bonds. The van der Waals surface area contributed by atoms with Crippen LogP contribution in [-0.2, 0) is 0 Å². The lowest BCUT2D eigenvalue weighted by molar-refractivity contribution is -0.0545. The molecule has 8 bridgehead atoms. The van der Waals surface area contributed by atoms with Gasteiger partial charge in [0.25, 0.3) is 0 Å². The van der Waals surface area contributed by atoms with Gasteiger partial charge < -0.3 is 0 Å². The van der Waals surface area contributed by atoms with Gasteiger partial charge in [-0.05, 0) is 124 Å². The molecule has 0 aliphatic heterocycles. The molecule has 0 heterocycles. The van der Waals surface area contributed by atoms with Crippen LogP contribution in [0.15, 0.2) is 0 Å². The Balaban J connectivity index is 0.000000104. The van der Waals surface area contributed by atoms with Crippen LogP contribution < -0.4 is 0 Å². The van der Waals surface area contributed by atoms with Crippen LogP contribution in [0.2, 0.25) is 0 Å². The van der Waals surface area contributed by atoms with Crippen LogP contribution in [-0.4, -0.2) is 0 Å².